The van der Waals surface area contributed by atoms with Gasteiger partial charge < -0.3 is 35.5 Å². The molecule has 2 aromatic heterocycles. The maximum atomic E-state index is 12.1. The molecule has 1 fully saturated rings. The number of rotatable bonds is 8. The first kappa shape index (κ1) is 22.9. The molecule has 1 aliphatic rings. The van der Waals surface area contributed by atoms with E-state index >= 15 is 0 Å². The summed E-state index contributed by atoms with van der Waals surface area (Å²) in [5.74, 6) is -2.28. The molecule has 1 aliphatic heterocycles. The molecule has 0 spiro atoms. The van der Waals surface area contributed by atoms with Crippen molar-refractivity contribution in [1.82, 2.24) is 24.8 Å². The van der Waals surface area contributed by atoms with Gasteiger partial charge in [-0.25, -0.2) is 4.98 Å². The van der Waals surface area contributed by atoms with Crippen LogP contribution in [0.25, 0.3) is 11.2 Å². The molecule has 31 heavy (non-hydrogen) atoms. The molecule has 2 aromatic rings. The van der Waals surface area contributed by atoms with Crippen molar-refractivity contribution in [3.63, 3.8) is 0 Å². The van der Waals surface area contributed by atoms with E-state index in [1.165, 1.54) is 10.9 Å². The first-order valence-electron chi connectivity index (χ1n) is 8.84. The molecular weight excluding hydrogens is 433 g/mol. The van der Waals surface area contributed by atoms with Crippen molar-refractivity contribution < 1.29 is 42.4 Å². The zero-order valence-corrected chi connectivity index (χ0v) is 15.7. The second-order valence-corrected chi connectivity index (χ2v) is 6.42. The smallest absolute Gasteiger partial charge is 0.394 e. The number of aliphatic hydroxyl groups is 2. The largest absolute Gasteiger partial charge is 0.471 e. The van der Waals surface area contributed by atoms with Gasteiger partial charge in [0.2, 0.25) is 5.95 Å². The number of carbonyl (C=O) groups is 1. The number of hydrogen-bond donors (Lipinski definition) is 5. The fourth-order valence-electron chi connectivity index (χ4n) is 2.92. The van der Waals surface area contributed by atoms with E-state index in [-0.39, 0.29) is 23.7 Å². The summed E-state index contributed by atoms with van der Waals surface area (Å²) < 4.78 is 53.6. The van der Waals surface area contributed by atoms with Crippen LogP contribution in [-0.2, 0) is 19.0 Å². The third-order valence-electron chi connectivity index (χ3n) is 4.35. The number of hydrogen-bond acceptors (Lipinski definition) is 10. The van der Waals surface area contributed by atoms with E-state index in [1.807, 2.05) is 0 Å². The van der Waals surface area contributed by atoms with Crippen LogP contribution in [0.3, 0.4) is 0 Å². The summed E-state index contributed by atoms with van der Waals surface area (Å²) in [7, 11) is 0. The third kappa shape index (κ3) is 4.93. The van der Waals surface area contributed by atoms with Crippen molar-refractivity contribution in [3.05, 3.63) is 16.7 Å². The van der Waals surface area contributed by atoms with Crippen molar-refractivity contribution in [2.24, 2.45) is 0 Å². The van der Waals surface area contributed by atoms with Crippen LogP contribution >= 0.6 is 0 Å². The Labute approximate surface area is 170 Å². The fourth-order valence-corrected chi connectivity index (χ4v) is 2.92. The highest BCUT2D eigenvalue weighted by molar-refractivity contribution is 5.81. The molecule has 0 aliphatic carbocycles. The van der Waals surface area contributed by atoms with Gasteiger partial charge in [0.25, 0.3) is 5.56 Å². The lowest BCUT2D eigenvalue weighted by Gasteiger charge is -2.22. The quantitative estimate of drug-likeness (QED) is 0.221. The lowest BCUT2D eigenvalue weighted by molar-refractivity contribution is -0.174. The average molecular weight is 452 g/mol. The van der Waals surface area contributed by atoms with Gasteiger partial charge in [0, 0.05) is 6.54 Å². The van der Waals surface area contributed by atoms with Gasteiger partial charge in [-0.3, -0.25) is 19.1 Å². The number of fused-ring (bicyclic) bond motifs is 1. The first-order valence-corrected chi connectivity index (χ1v) is 8.84. The third-order valence-corrected chi connectivity index (χ3v) is 4.35. The number of nitrogens with zero attached hydrogens (tertiary/aromatic N) is 3. The van der Waals surface area contributed by atoms with Gasteiger partial charge in [-0.05, 0) is 0 Å². The van der Waals surface area contributed by atoms with E-state index in [1.54, 1.807) is 5.32 Å². The molecule has 0 saturated carbocycles. The van der Waals surface area contributed by atoms with Crippen molar-refractivity contribution in [1.29, 1.82) is 0 Å². The molecule has 3 heterocycles. The molecule has 1 saturated heterocycles. The predicted molar refractivity (Wildman–Crippen MR) is 94.3 cm³/mol. The molecule has 3 rings (SSSR count). The highest BCUT2D eigenvalue weighted by atomic mass is 19.4. The second-order valence-electron chi connectivity index (χ2n) is 6.42. The summed E-state index contributed by atoms with van der Waals surface area (Å²) in [6.07, 6.45) is -8.35. The van der Waals surface area contributed by atoms with Crippen molar-refractivity contribution in [3.8, 4) is 0 Å². The number of H-pyrrole nitrogens is 1. The highest BCUT2D eigenvalue weighted by Crippen LogP contribution is 2.33. The van der Waals surface area contributed by atoms with Crippen LogP contribution < -0.4 is 16.6 Å². The van der Waals surface area contributed by atoms with E-state index in [2.05, 4.69) is 15.0 Å². The molecule has 172 valence electrons. The molecule has 0 radical (unpaired) electrons. The van der Waals surface area contributed by atoms with Crippen LogP contribution in [-0.4, -0.2) is 86.7 Å². The van der Waals surface area contributed by atoms with E-state index < -0.39 is 62.1 Å². The zero-order chi connectivity index (χ0) is 22.8. The van der Waals surface area contributed by atoms with Crippen LogP contribution in [0, 0.1) is 0 Å². The lowest BCUT2D eigenvalue weighted by Crippen LogP contribution is -2.39. The van der Waals surface area contributed by atoms with Crippen molar-refractivity contribution in [2.75, 3.05) is 32.3 Å². The molecule has 4 atom stereocenters. The number of aromatic nitrogens is 4. The van der Waals surface area contributed by atoms with Crippen molar-refractivity contribution >= 4 is 23.0 Å². The molecule has 16 heteroatoms. The van der Waals surface area contributed by atoms with E-state index in [4.69, 9.17) is 19.9 Å². The lowest BCUT2D eigenvalue weighted by atomic mass is 10.1. The summed E-state index contributed by atoms with van der Waals surface area (Å²) in [4.78, 5) is 32.8. The van der Waals surface area contributed by atoms with E-state index in [0.717, 1.165) is 0 Å². The Balaban J connectivity index is 1.65. The van der Waals surface area contributed by atoms with Crippen LogP contribution in [0.1, 0.15) is 6.23 Å². The Bertz CT molecular complexity index is 980. The van der Waals surface area contributed by atoms with Gasteiger partial charge in [-0.1, -0.05) is 0 Å². The molecule has 13 nitrogen and oxygen atoms in total. The summed E-state index contributed by atoms with van der Waals surface area (Å²) in [5.41, 5.74) is 4.95. The number of nitrogen functional groups attached to an aromatic ring is 1. The fraction of sp³-hybridized carbons (Fsp3) is 0.600. The Kier molecular flexibility index (Phi) is 6.75. The normalized spacial score (nSPS) is 24.0. The number of nitrogens with two attached hydrogens (primary N) is 1. The van der Waals surface area contributed by atoms with Gasteiger partial charge in [-0.2, -0.15) is 18.2 Å². The number of imidazole rings is 1. The second kappa shape index (κ2) is 9.15. The Morgan fingerprint density at radius 2 is 2.19 bits per heavy atom. The molecule has 1 amide bonds. The SMILES string of the molecule is Nc1nc2c(ncn2[C@@H]2O[C@H](CO)[C@@H](O)[C@H]2OCOCCNC(=O)C(F)(F)F)c(=O)[nH]1. The number of nitrogens with one attached hydrogen (secondary N) is 2. The summed E-state index contributed by atoms with van der Waals surface area (Å²) in [6.45, 7) is -1.76. The highest BCUT2D eigenvalue weighted by Gasteiger charge is 2.46. The maximum Gasteiger partial charge on any atom is 0.471 e. The molecule has 0 bridgehead atoms. The molecule has 0 unspecified atom stereocenters. The minimum atomic E-state index is -5.00. The number of anilines is 1. The minimum absolute atomic E-state index is 0.0430. The van der Waals surface area contributed by atoms with Gasteiger partial charge >= 0.3 is 12.1 Å². The van der Waals surface area contributed by atoms with Gasteiger partial charge in [0.05, 0.1) is 19.5 Å². The van der Waals surface area contributed by atoms with Gasteiger partial charge in [0.1, 0.15) is 25.1 Å². The number of aliphatic hydroxyl groups excluding tert-OH is 2. The molecule has 6 N–H and O–H groups in total. The molecule has 0 aromatic carbocycles. The first-order chi connectivity index (χ1) is 14.6. The maximum absolute atomic E-state index is 12.1. The average Bonchev–Trinajstić information content (AvgIpc) is 3.24. The number of aromatic amines is 1. The Morgan fingerprint density at radius 3 is 2.87 bits per heavy atom. The summed E-state index contributed by atoms with van der Waals surface area (Å²) in [5, 5.41) is 21.4. The zero-order valence-electron chi connectivity index (χ0n) is 15.7. The Hall–Kier alpha value is -2.79. The minimum Gasteiger partial charge on any atom is -0.394 e. The molecular formula is C15H19F3N6O7. The van der Waals surface area contributed by atoms with Crippen molar-refractivity contribution in [2.45, 2.75) is 30.7 Å². The van der Waals surface area contributed by atoms with Crippen LogP contribution in [0.4, 0.5) is 19.1 Å². The van der Waals surface area contributed by atoms with Gasteiger partial charge in [0.15, 0.2) is 17.4 Å². The number of amides is 1. The van der Waals surface area contributed by atoms with E-state index in [0.29, 0.717) is 0 Å². The summed E-state index contributed by atoms with van der Waals surface area (Å²) >= 11 is 0. The number of carbonyl (C=O) groups excluding carboxylic acids is 1. The van der Waals surface area contributed by atoms with Crippen LogP contribution in [0.5, 0.6) is 0 Å². The van der Waals surface area contributed by atoms with E-state index in [9.17, 15) is 33.0 Å². The predicted octanol–water partition coefficient (Wildman–Crippen LogP) is -2.01. The number of ether oxygens (including phenoxy) is 3. The number of halogens is 3. The topological polar surface area (TPSA) is 187 Å². The van der Waals surface area contributed by atoms with Gasteiger partial charge in [-0.15, -0.1) is 0 Å². The Morgan fingerprint density at radius 1 is 1.45 bits per heavy atom. The monoisotopic (exact) mass is 452 g/mol. The summed E-state index contributed by atoms with van der Waals surface area (Å²) in [6, 6.07) is 0. The van der Waals surface area contributed by atoms with Crippen LogP contribution in [0.15, 0.2) is 11.1 Å². The van der Waals surface area contributed by atoms with Crippen LogP contribution in [0.2, 0.25) is 0 Å². The standard InChI is InChI=1S/C15H19F3N6O7/c16-15(17,18)13(28)20-1-2-29-5-30-9-8(26)6(3-25)31-12(9)24-4-21-7-10(24)22-14(19)23-11(7)27/h4,6,8-9,12,25-26H,1-3,5H2,(H,20,28)(H3,19,22,23,27)/t6-,8-,9-,12-/m1/s1. The number of alkyl halides is 3.